The summed E-state index contributed by atoms with van der Waals surface area (Å²) in [6, 6.07) is 0. The van der Waals surface area contributed by atoms with E-state index in [1.54, 1.807) is 0 Å². The van der Waals surface area contributed by atoms with Crippen LogP contribution >= 0.6 is 0 Å². The molecule has 0 rings (SSSR count). The zero-order valence-electron chi connectivity index (χ0n) is 26.5. The molecule has 234 valence electrons. The van der Waals surface area contributed by atoms with Gasteiger partial charge in [0.15, 0.2) is 0 Å². The summed E-state index contributed by atoms with van der Waals surface area (Å²) in [5, 5.41) is 9.29. The van der Waals surface area contributed by atoms with Gasteiger partial charge in [0.1, 0.15) is 6.61 Å². The highest BCUT2D eigenvalue weighted by atomic mass is 16.5. The smallest absolute Gasteiger partial charge is 0.307 e. The molecule has 0 fully saturated rings. The third-order valence-corrected chi connectivity index (χ3v) is 7.95. The van der Waals surface area contributed by atoms with Crippen molar-refractivity contribution in [2.24, 2.45) is 5.92 Å². The van der Waals surface area contributed by atoms with Crippen LogP contribution in [0.4, 0.5) is 0 Å². The van der Waals surface area contributed by atoms with Crippen LogP contribution < -0.4 is 0 Å². The summed E-state index contributed by atoms with van der Waals surface area (Å²) in [5.41, 5.74) is 0. The molecule has 0 aliphatic heterocycles. The quantitative estimate of drug-likeness (QED) is 0.0503. The van der Waals surface area contributed by atoms with Crippen molar-refractivity contribution in [1.29, 1.82) is 0 Å². The Morgan fingerprint density at radius 1 is 0.625 bits per heavy atom. The van der Waals surface area contributed by atoms with Gasteiger partial charge in [0.05, 0.1) is 12.3 Å². The van der Waals surface area contributed by atoms with E-state index in [2.05, 4.69) is 25.7 Å². The van der Waals surface area contributed by atoms with Crippen molar-refractivity contribution in [1.82, 2.24) is 0 Å². The van der Waals surface area contributed by atoms with Gasteiger partial charge in [0.25, 0.3) is 0 Å². The Morgan fingerprint density at radius 3 is 1.38 bits per heavy atom. The number of hydrogen-bond donors (Lipinski definition) is 1. The van der Waals surface area contributed by atoms with Crippen molar-refractivity contribution in [2.45, 2.75) is 180 Å². The van der Waals surface area contributed by atoms with Gasteiger partial charge in [-0.1, -0.05) is 173 Å². The van der Waals surface area contributed by atoms with Crippen molar-refractivity contribution in [3.63, 3.8) is 0 Å². The second kappa shape index (κ2) is 31.9. The Kier molecular flexibility index (Phi) is 30.7. The van der Waals surface area contributed by atoms with Crippen LogP contribution in [0.5, 0.6) is 0 Å². The molecular weight excluding hydrogens is 496 g/mol. The fraction of sp³-hybridized carbons (Fsp3) is 0.833. The van der Waals surface area contributed by atoms with Crippen LogP contribution in [-0.2, 0) is 14.3 Å². The van der Waals surface area contributed by atoms with Crippen LogP contribution in [0.3, 0.4) is 0 Å². The van der Waals surface area contributed by atoms with Gasteiger partial charge >= 0.3 is 11.9 Å². The van der Waals surface area contributed by atoms with Crippen LogP contribution in [0.2, 0.25) is 0 Å². The van der Waals surface area contributed by atoms with E-state index in [0.717, 1.165) is 6.42 Å². The lowest BCUT2D eigenvalue weighted by molar-refractivity contribution is -0.151. The number of rotatable bonds is 32. The van der Waals surface area contributed by atoms with E-state index < -0.39 is 17.9 Å². The Labute approximate surface area is 248 Å². The van der Waals surface area contributed by atoms with Crippen LogP contribution in [-0.4, -0.2) is 23.7 Å². The molecule has 0 saturated heterocycles. The Hall–Kier alpha value is -1.58. The SMILES string of the molecule is C=CCOC(=O)CC(CC/C=C/CCCCCCCCCCCCCCCCCCCCCCCCC)C(=O)O. The zero-order chi connectivity index (χ0) is 29.4. The minimum absolute atomic E-state index is 0.0729. The maximum Gasteiger partial charge on any atom is 0.307 e. The molecular formula is C36H66O4. The number of unbranched alkanes of at least 4 members (excludes halogenated alkanes) is 23. The maximum absolute atomic E-state index is 11.6. The van der Waals surface area contributed by atoms with Crippen molar-refractivity contribution in [3.8, 4) is 0 Å². The van der Waals surface area contributed by atoms with E-state index in [9.17, 15) is 14.7 Å². The number of ether oxygens (including phenoxy) is 1. The maximum atomic E-state index is 11.6. The fourth-order valence-electron chi connectivity index (χ4n) is 5.31. The van der Waals surface area contributed by atoms with Crippen LogP contribution in [0.1, 0.15) is 180 Å². The van der Waals surface area contributed by atoms with E-state index >= 15 is 0 Å². The lowest BCUT2D eigenvalue weighted by Crippen LogP contribution is -2.19. The number of esters is 1. The summed E-state index contributed by atoms with van der Waals surface area (Å²) in [6.07, 6.45) is 40.2. The predicted molar refractivity (Wildman–Crippen MR) is 172 cm³/mol. The third kappa shape index (κ3) is 29.4. The number of hydrogen-bond acceptors (Lipinski definition) is 3. The molecule has 4 nitrogen and oxygen atoms in total. The Morgan fingerprint density at radius 2 is 1.00 bits per heavy atom. The molecule has 0 radical (unpaired) electrons. The lowest BCUT2D eigenvalue weighted by Gasteiger charge is -2.10. The van der Waals surface area contributed by atoms with Crippen molar-refractivity contribution < 1.29 is 19.4 Å². The summed E-state index contributed by atoms with van der Waals surface area (Å²) >= 11 is 0. The summed E-state index contributed by atoms with van der Waals surface area (Å²) < 4.78 is 4.90. The van der Waals surface area contributed by atoms with Crippen LogP contribution in [0, 0.1) is 5.92 Å². The minimum atomic E-state index is -0.932. The topological polar surface area (TPSA) is 63.6 Å². The largest absolute Gasteiger partial charge is 0.481 e. The zero-order valence-corrected chi connectivity index (χ0v) is 26.5. The average Bonchev–Trinajstić information content (AvgIpc) is 2.94. The highest BCUT2D eigenvalue weighted by Gasteiger charge is 2.21. The van der Waals surface area contributed by atoms with E-state index in [1.165, 1.54) is 154 Å². The van der Waals surface area contributed by atoms with E-state index in [1.807, 2.05) is 0 Å². The molecule has 1 unspecified atom stereocenters. The molecule has 1 N–H and O–H groups in total. The molecule has 4 heteroatoms. The number of allylic oxidation sites excluding steroid dienone is 2. The first-order valence-electron chi connectivity index (χ1n) is 17.3. The molecule has 40 heavy (non-hydrogen) atoms. The summed E-state index contributed by atoms with van der Waals surface area (Å²) in [4.78, 5) is 23.0. The molecule has 0 bridgehead atoms. The third-order valence-electron chi connectivity index (χ3n) is 7.95. The van der Waals surface area contributed by atoms with Crippen molar-refractivity contribution in [2.75, 3.05) is 6.61 Å². The van der Waals surface area contributed by atoms with Crippen LogP contribution in [0.15, 0.2) is 24.8 Å². The monoisotopic (exact) mass is 562 g/mol. The fourth-order valence-corrected chi connectivity index (χ4v) is 5.31. The minimum Gasteiger partial charge on any atom is -0.481 e. The molecule has 0 aromatic carbocycles. The summed E-state index contributed by atoms with van der Waals surface area (Å²) in [6.45, 7) is 5.91. The van der Waals surface area contributed by atoms with Gasteiger partial charge in [0.2, 0.25) is 0 Å². The van der Waals surface area contributed by atoms with Gasteiger partial charge in [-0.05, 0) is 25.7 Å². The second-order valence-electron chi connectivity index (χ2n) is 11.8. The van der Waals surface area contributed by atoms with Gasteiger partial charge in [-0.15, -0.1) is 0 Å². The molecule has 0 spiro atoms. The number of carboxylic acid groups (broad SMARTS) is 1. The van der Waals surface area contributed by atoms with Gasteiger partial charge in [0, 0.05) is 0 Å². The van der Waals surface area contributed by atoms with E-state index in [0.29, 0.717) is 12.8 Å². The molecule has 0 heterocycles. The number of carbonyl (C=O) groups excluding carboxylic acids is 1. The summed E-state index contributed by atoms with van der Waals surface area (Å²) in [7, 11) is 0. The normalized spacial score (nSPS) is 12.1. The molecule has 0 aliphatic rings. The first-order chi connectivity index (χ1) is 19.6. The van der Waals surface area contributed by atoms with Crippen LogP contribution in [0.25, 0.3) is 0 Å². The molecule has 1 atom stereocenters. The standard InChI is InChI=1S/C36H66O4/c1-3-5-6-7-8-9-10-11-12-13-14-15-16-17-18-19-20-21-22-23-24-25-26-27-28-29-30-31-34(36(38)39)33-35(37)40-32-4-2/h4,28-29,34H,2-3,5-27,30-33H2,1H3,(H,38,39)/b29-28+. The number of carbonyl (C=O) groups is 2. The first-order valence-corrected chi connectivity index (χ1v) is 17.3. The molecule has 0 amide bonds. The highest BCUT2D eigenvalue weighted by Crippen LogP contribution is 2.16. The Bertz CT molecular complexity index is 598. The highest BCUT2D eigenvalue weighted by molar-refractivity contribution is 5.78. The molecule has 0 aliphatic carbocycles. The summed E-state index contributed by atoms with van der Waals surface area (Å²) in [5.74, 6) is -2.08. The molecule has 0 aromatic rings. The van der Waals surface area contributed by atoms with Crippen molar-refractivity contribution in [3.05, 3.63) is 24.8 Å². The molecule has 0 saturated carbocycles. The number of aliphatic carboxylic acids is 1. The first kappa shape index (κ1) is 38.4. The van der Waals surface area contributed by atoms with Gasteiger partial charge in [-0.25, -0.2) is 0 Å². The van der Waals surface area contributed by atoms with Gasteiger partial charge in [-0.3, -0.25) is 9.59 Å². The second-order valence-corrected chi connectivity index (χ2v) is 11.8. The number of carboxylic acids is 1. The van der Waals surface area contributed by atoms with E-state index in [-0.39, 0.29) is 13.0 Å². The predicted octanol–water partition coefficient (Wildman–Crippen LogP) is 11.5. The Balaban J connectivity index is 3.32. The van der Waals surface area contributed by atoms with Crippen molar-refractivity contribution >= 4 is 11.9 Å². The lowest BCUT2D eigenvalue weighted by atomic mass is 9.99. The average molecular weight is 563 g/mol. The van der Waals surface area contributed by atoms with E-state index in [4.69, 9.17) is 4.74 Å². The molecule has 0 aromatic heterocycles. The van der Waals surface area contributed by atoms with Gasteiger partial charge in [-0.2, -0.15) is 0 Å². The van der Waals surface area contributed by atoms with Gasteiger partial charge < -0.3 is 9.84 Å².